The molecular formula is C20H15N3O3. The van der Waals surface area contributed by atoms with Gasteiger partial charge in [0, 0.05) is 18.0 Å². The average Bonchev–Trinajstić information content (AvgIpc) is 2.87. The first-order chi connectivity index (χ1) is 12.5. The van der Waals surface area contributed by atoms with Gasteiger partial charge in [0.15, 0.2) is 0 Å². The van der Waals surface area contributed by atoms with E-state index >= 15 is 0 Å². The van der Waals surface area contributed by atoms with E-state index in [9.17, 15) is 14.4 Å². The third kappa shape index (κ3) is 2.35. The van der Waals surface area contributed by atoms with Crippen LogP contribution in [-0.2, 0) is 4.79 Å². The van der Waals surface area contributed by atoms with Crippen LogP contribution in [0.4, 0.5) is 11.4 Å². The Labute approximate surface area is 149 Å². The van der Waals surface area contributed by atoms with Gasteiger partial charge in [-0.25, -0.2) is 4.90 Å². The van der Waals surface area contributed by atoms with E-state index in [1.165, 1.54) is 6.92 Å². The maximum Gasteiger partial charge on any atom is 0.268 e. The molecule has 1 aliphatic heterocycles. The largest absolute Gasteiger partial charge is 0.326 e. The van der Waals surface area contributed by atoms with E-state index in [1.807, 2.05) is 18.2 Å². The Balaban J connectivity index is 1.82. The van der Waals surface area contributed by atoms with Gasteiger partial charge in [-0.15, -0.1) is 0 Å². The van der Waals surface area contributed by atoms with Crippen LogP contribution in [0.25, 0.3) is 10.9 Å². The van der Waals surface area contributed by atoms with Crippen molar-refractivity contribution in [1.29, 1.82) is 0 Å². The average molecular weight is 345 g/mol. The number of aromatic nitrogens is 1. The molecule has 0 radical (unpaired) electrons. The molecular weight excluding hydrogens is 330 g/mol. The number of para-hydroxylation sites is 1. The van der Waals surface area contributed by atoms with Crippen LogP contribution < -0.4 is 10.2 Å². The summed E-state index contributed by atoms with van der Waals surface area (Å²) in [5.74, 6) is -0.932. The van der Waals surface area contributed by atoms with Gasteiger partial charge < -0.3 is 5.32 Å². The van der Waals surface area contributed by atoms with Crippen molar-refractivity contribution in [3.63, 3.8) is 0 Å². The summed E-state index contributed by atoms with van der Waals surface area (Å²) < 4.78 is 0. The Morgan fingerprint density at radius 3 is 2.31 bits per heavy atom. The minimum atomic E-state index is -0.381. The van der Waals surface area contributed by atoms with E-state index < -0.39 is 0 Å². The molecule has 0 aliphatic carbocycles. The van der Waals surface area contributed by atoms with Crippen LogP contribution in [0.1, 0.15) is 33.3 Å². The fourth-order valence-corrected chi connectivity index (χ4v) is 3.27. The Morgan fingerprint density at radius 1 is 0.962 bits per heavy atom. The van der Waals surface area contributed by atoms with Crippen LogP contribution in [-0.4, -0.2) is 22.7 Å². The third-order valence-corrected chi connectivity index (χ3v) is 4.35. The molecule has 26 heavy (non-hydrogen) atoms. The number of anilines is 2. The monoisotopic (exact) mass is 345 g/mol. The Morgan fingerprint density at radius 2 is 1.62 bits per heavy atom. The number of imide groups is 1. The molecule has 0 unspecified atom stereocenters. The minimum absolute atomic E-state index is 0.188. The fraction of sp³-hybridized carbons (Fsp3) is 0.100. The zero-order chi connectivity index (χ0) is 18.4. The highest BCUT2D eigenvalue weighted by Crippen LogP contribution is 2.34. The SMILES string of the molecule is CC(=O)Nc1ccc(N2C(=O)c3c(C)nc4ccccc4c3C2=O)cc1. The summed E-state index contributed by atoms with van der Waals surface area (Å²) in [4.78, 5) is 42.7. The molecule has 0 saturated heterocycles. The van der Waals surface area contributed by atoms with Crippen molar-refractivity contribution in [2.24, 2.45) is 0 Å². The second-order valence-corrected chi connectivity index (χ2v) is 6.14. The van der Waals surface area contributed by atoms with Crippen molar-refractivity contribution >= 4 is 40.0 Å². The van der Waals surface area contributed by atoms with Crippen molar-refractivity contribution in [2.75, 3.05) is 10.2 Å². The van der Waals surface area contributed by atoms with Gasteiger partial charge in [-0.3, -0.25) is 19.4 Å². The van der Waals surface area contributed by atoms with Crippen molar-refractivity contribution in [3.8, 4) is 0 Å². The summed E-state index contributed by atoms with van der Waals surface area (Å²) in [5, 5.41) is 3.33. The molecule has 128 valence electrons. The maximum absolute atomic E-state index is 13.0. The Kier molecular flexibility index (Phi) is 3.54. The molecule has 6 nitrogen and oxygen atoms in total. The van der Waals surface area contributed by atoms with E-state index in [4.69, 9.17) is 0 Å². The number of pyridine rings is 1. The highest BCUT2D eigenvalue weighted by atomic mass is 16.2. The quantitative estimate of drug-likeness (QED) is 0.723. The molecule has 4 rings (SSSR count). The molecule has 3 aromatic rings. The normalized spacial score (nSPS) is 13.2. The predicted molar refractivity (Wildman–Crippen MR) is 98.4 cm³/mol. The molecule has 0 saturated carbocycles. The number of benzene rings is 2. The minimum Gasteiger partial charge on any atom is -0.326 e. The van der Waals surface area contributed by atoms with E-state index in [0.717, 1.165) is 4.90 Å². The van der Waals surface area contributed by atoms with E-state index in [0.29, 0.717) is 39.1 Å². The lowest BCUT2D eigenvalue weighted by Gasteiger charge is -2.14. The van der Waals surface area contributed by atoms with Gasteiger partial charge in [0.25, 0.3) is 11.8 Å². The van der Waals surface area contributed by atoms with Crippen LogP contribution in [0.15, 0.2) is 48.5 Å². The number of amides is 3. The topological polar surface area (TPSA) is 79.4 Å². The van der Waals surface area contributed by atoms with Crippen molar-refractivity contribution in [3.05, 3.63) is 65.4 Å². The van der Waals surface area contributed by atoms with Crippen molar-refractivity contribution < 1.29 is 14.4 Å². The summed E-state index contributed by atoms with van der Waals surface area (Å²) in [6.07, 6.45) is 0. The third-order valence-electron chi connectivity index (χ3n) is 4.35. The molecule has 2 heterocycles. The molecule has 1 aliphatic rings. The second-order valence-electron chi connectivity index (χ2n) is 6.14. The Hall–Kier alpha value is -3.54. The number of hydrogen-bond acceptors (Lipinski definition) is 4. The van der Waals surface area contributed by atoms with Crippen LogP contribution in [0.3, 0.4) is 0 Å². The first-order valence-corrected chi connectivity index (χ1v) is 8.13. The molecule has 0 fully saturated rings. The van der Waals surface area contributed by atoms with Gasteiger partial charge in [0.2, 0.25) is 5.91 Å². The van der Waals surface area contributed by atoms with Gasteiger partial charge in [-0.2, -0.15) is 0 Å². The molecule has 2 aromatic carbocycles. The number of nitrogens with zero attached hydrogens (tertiary/aromatic N) is 2. The van der Waals surface area contributed by atoms with Gasteiger partial charge >= 0.3 is 0 Å². The molecule has 0 atom stereocenters. The lowest BCUT2D eigenvalue weighted by molar-refractivity contribution is -0.114. The highest BCUT2D eigenvalue weighted by molar-refractivity contribution is 6.37. The van der Waals surface area contributed by atoms with Gasteiger partial charge in [0.05, 0.1) is 28.0 Å². The first-order valence-electron chi connectivity index (χ1n) is 8.13. The smallest absolute Gasteiger partial charge is 0.268 e. The molecule has 3 amide bonds. The standard InChI is InChI=1S/C20H15N3O3/c1-11-17-18(15-5-3-4-6-16(15)21-11)20(26)23(19(17)25)14-9-7-13(8-10-14)22-12(2)24/h3-10H,1-2H3,(H,22,24). The maximum atomic E-state index is 13.0. The summed E-state index contributed by atoms with van der Waals surface area (Å²) in [5.41, 5.74) is 3.01. The number of carbonyl (C=O) groups is 3. The summed E-state index contributed by atoms with van der Waals surface area (Å²) >= 11 is 0. The van der Waals surface area contributed by atoms with E-state index in [2.05, 4.69) is 10.3 Å². The zero-order valence-electron chi connectivity index (χ0n) is 14.2. The highest BCUT2D eigenvalue weighted by Gasteiger charge is 2.39. The molecule has 1 aromatic heterocycles. The molecule has 6 heteroatoms. The second kappa shape index (κ2) is 5.77. The summed E-state index contributed by atoms with van der Waals surface area (Å²) in [6, 6.07) is 13.9. The van der Waals surface area contributed by atoms with Gasteiger partial charge in [0.1, 0.15) is 0 Å². The fourth-order valence-electron chi connectivity index (χ4n) is 3.27. The number of fused-ring (bicyclic) bond motifs is 3. The van der Waals surface area contributed by atoms with Crippen LogP contribution in [0.2, 0.25) is 0 Å². The van der Waals surface area contributed by atoms with Crippen LogP contribution in [0, 0.1) is 6.92 Å². The number of carbonyl (C=O) groups excluding carboxylic acids is 3. The lowest BCUT2D eigenvalue weighted by Crippen LogP contribution is -2.29. The lowest BCUT2D eigenvalue weighted by atomic mass is 10.0. The Bertz CT molecular complexity index is 1090. The molecule has 1 N–H and O–H groups in total. The van der Waals surface area contributed by atoms with Crippen molar-refractivity contribution in [2.45, 2.75) is 13.8 Å². The molecule has 0 spiro atoms. The number of rotatable bonds is 2. The first kappa shape index (κ1) is 16.0. The number of aryl methyl sites for hydroxylation is 1. The van der Waals surface area contributed by atoms with Crippen molar-refractivity contribution in [1.82, 2.24) is 4.98 Å². The van der Waals surface area contributed by atoms with E-state index in [-0.39, 0.29) is 17.7 Å². The van der Waals surface area contributed by atoms with E-state index in [1.54, 1.807) is 37.3 Å². The predicted octanol–water partition coefficient (Wildman–Crippen LogP) is 3.30. The zero-order valence-corrected chi connectivity index (χ0v) is 14.2. The number of nitrogens with one attached hydrogen (secondary N) is 1. The number of hydrogen-bond donors (Lipinski definition) is 1. The summed E-state index contributed by atoms with van der Waals surface area (Å²) in [6.45, 7) is 3.15. The van der Waals surface area contributed by atoms with Crippen LogP contribution >= 0.6 is 0 Å². The molecule has 0 bridgehead atoms. The van der Waals surface area contributed by atoms with Gasteiger partial charge in [-0.1, -0.05) is 18.2 Å². The van der Waals surface area contributed by atoms with Crippen LogP contribution in [0.5, 0.6) is 0 Å². The van der Waals surface area contributed by atoms with Gasteiger partial charge in [-0.05, 0) is 37.3 Å². The summed E-state index contributed by atoms with van der Waals surface area (Å²) in [7, 11) is 0.